The molecular weight excluding hydrogens is 313 g/mol. The minimum absolute atomic E-state index is 0.0540. The molecule has 1 aliphatic rings. The van der Waals surface area contributed by atoms with Crippen molar-refractivity contribution in [2.75, 3.05) is 10.2 Å². The zero-order valence-electron chi connectivity index (χ0n) is 13.0. The molecule has 0 saturated heterocycles. The molecule has 2 aromatic rings. The van der Waals surface area contributed by atoms with Crippen LogP contribution >= 0.6 is 0 Å². The second-order valence-corrected chi connectivity index (χ2v) is 5.77. The fraction of sp³-hybridized carbons (Fsp3) is 0.235. The third-order valence-electron chi connectivity index (χ3n) is 4.10. The van der Waals surface area contributed by atoms with E-state index in [0.717, 1.165) is 12.0 Å². The second kappa shape index (κ2) is 6.27. The van der Waals surface area contributed by atoms with Gasteiger partial charge in [-0.15, -0.1) is 0 Å². The van der Waals surface area contributed by atoms with E-state index in [9.17, 15) is 19.3 Å². The van der Waals surface area contributed by atoms with Gasteiger partial charge in [0.15, 0.2) is 0 Å². The number of rotatable bonds is 2. The molecule has 1 unspecified atom stereocenters. The van der Waals surface area contributed by atoms with E-state index in [0.29, 0.717) is 17.8 Å². The van der Waals surface area contributed by atoms with E-state index in [-0.39, 0.29) is 17.5 Å². The molecule has 0 aromatic heterocycles. The number of aryl methyl sites for hydroxylation is 1. The number of nitro benzene ring substituents is 1. The van der Waals surface area contributed by atoms with E-state index < -0.39 is 11.0 Å². The zero-order valence-corrected chi connectivity index (χ0v) is 13.0. The maximum absolute atomic E-state index is 13.4. The number of amides is 2. The zero-order chi connectivity index (χ0) is 17.3. The lowest BCUT2D eigenvalue weighted by molar-refractivity contribution is -0.384. The highest BCUT2D eigenvalue weighted by Gasteiger charge is 2.28. The van der Waals surface area contributed by atoms with E-state index in [1.807, 2.05) is 6.92 Å². The number of hydrogen-bond acceptors (Lipinski definition) is 3. The third-order valence-corrected chi connectivity index (χ3v) is 4.10. The number of halogens is 1. The lowest BCUT2D eigenvalue weighted by Gasteiger charge is -2.35. The summed E-state index contributed by atoms with van der Waals surface area (Å²) in [4.78, 5) is 24.5. The summed E-state index contributed by atoms with van der Waals surface area (Å²) in [7, 11) is 0. The lowest BCUT2D eigenvalue weighted by atomic mass is 9.97. The molecule has 7 heteroatoms. The molecule has 0 bridgehead atoms. The molecule has 1 atom stereocenters. The quantitative estimate of drug-likeness (QED) is 0.665. The molecule has 6 nitrogen and oxygen atoms in total. The van der Waals surface area contributed by atoms with Gasteiger partial charge in [-0.25, -0.2) is 9.18 Å². The van der Waals surface area contributed by atoms with Crippen LogP contribution in [0.1, 0.15) is 18.9 Å². The number of carbonyl (C=O) groups excluding carboxylic acids is 1. The van der Waals surface area contributed by atoms with Gasteiger partial charge in [0.2, 0.25) is 0 Å². The SMILES string of the molecule is CC1CCc2cc(F)ccc2N1C(=O)Nc1cccc([N+](=O)[O-])c1. The van der Waals surface area contributed by atoms with Gasteiger partial charge in [0, 0.05) is 29.5 Å². The van der Waals surface area contributed by atoms with Gasteiger partial charge in [0.1, 0.15) is 5.82 Å². The molecule has 2 aromatic carbocycles. The summed E-state index contributed by atoms with van der Waals surface area (Å²) in [5.74, 6) is -0.331. The van der Waals surface area contributed by atoms with Crippen molar-refractivity contribution < 1.29 is 14.1 Å². The Hall–Kier alpha value is -2.96. The summed E-state index contributed by atoms with van der Waals surface area (Å²) in [6, 6.07) is 9.67. The summed E-state index contributed by atoms with van der Waals surface area (Å²) in [6.45, 7) is 1.92. The van der Waals surface area contributed by atoms with Crippen LogP contribution in [0.2, 0.25) is 0 Å². The predicted molar refractivity (Wildman–Crippen MR) is 88.8 cm³/mol. The van der Waals surface area contributed by atoms with E-state index >= 15 is 0 Å². The Labute approximate surface area is 138 Å². The van der Waals surface area contributed by atoms with Crippen LogP contribution in [0.15, 0.2) is 42.5 Å². The molecule has 0 spiro atoms. The molecule has 1 heterocycles. The highest BCUT2D eigenvalue weighted by Crippen LogP contribution is 2.32. The molecular formula is C17H16FN3O3. The Balaban J connectivity index is 1.87. The predicted octanol–water partition coefficient (Wildman–Crippen LogP) is 4.11. The fourth-order valence-corrected chi connectivity index (χ4v) is 2.91. The van der Waals surface area contributed by atoms with Crippen molar-refractivity contribution in [1.29, 1.82) is 0 Å². The number of urea groups is 1. The second-order valence-electron chi connectivity index (χ2n) is 5.77. The molecule has 1 aliphatic heterocycles. The molecule has 3 rings (SSSR count). The van der Waals surface area contributed by atoms with Gasteiger partial charge in [-0.2, -0.15) is 0 Å². The first-order chi connectivity index (χ1) is 11.5. The molecule has 0 saturated carbocycles. The summed E-state index contributed by atoms with van der Waals surface area (Å²) in [5, 5.41) is 13.5. The fourth-order valence-electron chi connectivity index (χ4n) is 2.91. The van der Waals surface area contributed by atoms with Crippen LogP contribution in [-0.4, -0.2) is 17.0 Å². The van der Waals surface area contributed by atoms with Crippen LogP contribution in [0.4, 0.5) is 26.2 Å². The van der Waals surface area contributed by atoms with Crippen molar-refractivity contribution in [2.24, 2.45) is 0 Å². The molecule has 1 N–H and O–H groups in total. The summed E-state index contributed by atoms with van der Waals surface area (Å²) >= 11 is 0. The number of hydrogen-bond donors (Lipinski definition) is 1. The van der Waals surface area contributed by atoms with Crippen LogP contribution in [0.3, 0.4) is 0 Å². The lowest BCUT2D eigenvalue weighted by Crippen LogP contribution is -2.44. The minimum Gasteiger partial charge on any atom is -0.307 e. The molecule has 0 radical (unpaired) electrons. The third kappa shape index (κ3) is 3.05. The Bertz CT molecular complexity index is 809. The highest BCUT2D eigenvalue weighted by molar-refractivity contribution is 6.03. The molecule has 0 aliphatic carbocycles. The smallest absolute Gasteiger partial charge is 0.307 e. The first-order valence-corrected chi connectivity index (χ1v) is 7.59. The van der Waals surface area contributed by atoms with Gasteiger partial charge >= 0.3 is 6.03 Å². The van der Waals surface area contributed by atoms with Gasteiger partial charge in [-0.05, 0) is 49.6 Å². The van der Waals surface area contributed by atoms with Gasteiger partial charge in [-0.3, -0.25) is 15.0 Å². The van der Waals surface area contributed by atoms with Crippen LogP contribution in [0, 0.1) is 15.9 Å². The van der Waals surface area contributed by atoms with Crippen LogP contribution < -0.4 is 10.2 Å². The number of fused-ring (bicyclic) bond motifs is 1. The largest absolute Gasteiger partial charge is 0.326 e. The van der Waals surface area contributed by atoms with Crippen LogP contribution in [0.25, 0.3) is 0 Å². The van der Waals surface area contributed by atoms with Gasteiger partial charge in [-0.1, -0.05) is 6.07 Å². The summed E-state index contributed by atoms with van der Waals surface area (Å²) < 4.78 is 13.4. The van der Waals surface area contributed by atoms with Crippen LogP contribution in [0.5, 0.6) is 0 Å². The maximum atomic E-state index is 13.4. The van der Waals surface area contributed by atoms with Crippen molar-refractivity contribution >= 4 is 23.1 Å². The molecule has 124 valence electrons. The first kappa shape index (κ1) is 15.9. The Morgan fingerprint density at radius 1 is 1.33 bits per heavy atom. The number of non-ortho nitro benzene ring substituents is 1. The van der Waals surface area contributed by atoms with Crippen molar-refractivity contribution in [2.45, 2.75) is 25.8 Å². The number of nitro groups is 1. The Morgan fingerprint density at radius 3 is 2.88 bits per heavy atom. The number of benzene rings is 2. The maximum Gasteiger partial charge on any atom is 0.326 e. The number of nitrogens with zero attached hydrogens (tertiary/aromatic N) is 2. The summed E-state index contributed by atoms with van der Waals surface area (Å²) in [6.07, 6.45) is 1.42. The topological polar surface area (TPSA) is 75.5 Å². The monoisotopic (exact) mass is 329 g/mol. The van der Waals surface area contributed by atoms with Crippen molar-refractivity contribution in [3.8, 4) is 0 Å². The van der Waals surface area contributed by atoms with E-state index in [4.69, 9.17) is 0 Å². The van der Waals surface area contributed by atoms with E-state index in [2.05, 4.69) is 5.32 Å². The summed E-state index contributed by atoms with van der Waals surface area (Å²) in [5.41, 5.74) is 1.69. The van der Waals surface area contributed by atoms with E-state index in [1.165, 1.54) is 30.3 Å². The van der Waals surface area contributed by atoms with Crippen molar-refractivity contribution in [3.05, 3.63) is 64.0 Å². The normalized spacial score (nSPS) is 16.4. The van der Waals surface area contributed by atoms with Gasteiger partial charge in [0.05, 0.1) is 4.92 Å². The number of anilines is 2. The standard InChI is InChI=1S/C17H16FN3O3/c1-11-5-6-12-9-13(18)7-8-16(12)20(11)17(22)19-14-3-2-4-15(10-14)21(23)24/h2-4,7-11H,5-6H2,1H3,(H,19,22). The first-order valence-electron chi connectivity index (χ1n) is 7.59. The number of nitrogens with one attached hydrogen (secondary N) is 1. The van der Waals surface area contributed by atoms with Crippen molar-refractivity contribution in [1.82, 2.24) is 0 Å². The number of carbonyl (C=O) groups is 1. The van der Waals surface area contributed by atoms with Gasteiger partial charge in [0.25, 0.3) is 5.69 Å². The Morgan fingerprint density at radius 2 is 2.12 bits per heavy atom. The highest BCUT2D eigenvalue weighted by atomic mass is 19.1. The van der Waals surface area contributed by atoms with Crippen molar-refractivity contribution in [3.63, 3.8) is 0 Å². The van der Waals surface area contributed by atoms with Crippen LogP contribution in [-0.2, 0) is 6.42 Å². The van der Waals surface area contributed by atoms with Gasteiger partial charge < -0.3 is 5.32 Å². The Kier molecular flexibility index (Phi) is 4.16. The molecule has 24 heavy (non-hydrogen) atoms. The van der Waals surface area contributed by atoms with E-state index in [1.54, 1.807) is 17.0 Å². The molecule has 2 amide bonds. The average Bonchev–Trinajstić information content (AvgIpc) is 2.55. The average molecular weight is 329 g/mol. The minimum atomic E-state index is -0.517. The molecule has 0 fully saturated rings.